The maximum Gasteiger partial charge on any atom is 0.248 e. The maximum atomic E-state index is 13.8. The predicted octanol–water partition coefficient (Wildman–Crippen LogP) is 2.21. The summed E-state index contributed by atoms with van der Waals surface area (Å²) >= 11 is 0. The van der Waals surface area contributed by atoms with Gasteiger partial charge in [0.25, 0.3) is 0 Å². The Kier molecular flexibility index (Phi) is 4.02. The van der Waals surface area contributed by atoms with Crippen molar-refractivity contribution in [3.63, 3.8) is 0 Å². The fourth-order valence-electron chi connectivity index (χ4n) is 2.40. The third-order valence-corrected chi connectivity index (χ3v) is 5.83. The summed E-state index contributed by atoms with van der Waals surface area (Å²) in [4.78, 5) is -0.909. The minimum Gasteiger partial charge on any atom is -0.399 e. The molecule has 1 heterocycles. The summed E-state index contributed by atoms with van der Waals surface area (Å²) in [5.41, 5.74) is 5.16. The Labute approximate surface area is 117 Å². The Morgan fingerprint density at radius 3 is 2.25 bits per heavy atom. The van der Waals surface area contributed by atoms with Crippen LogP contribution in [0.1, 0.15) is 20.3 Å². The number of sulfonamides is 1. The Morgan fingerprint density at radius 1 is 1.20 bits per heavy atom. The molecular weight excluding hydrogens is 286 g/mol. The molecule has 0 bridgehead atoms. The third-order valence-electron chi connectivity index (χ3n) is 3.92. The fourth-order valence-corrected chi connectivity index (χ4v) is 4.04. The van der Waals surface area contributed by atoms with Crippen molar-refractivity contribution >= 4 is 15.7 Å². The standard InChI is InChI=1S/C13H18F2N2O2S/c1-8-3-4-17(7-9(8)2)20(18,19)13-11(14)5-10(16)6-12(13)15/h5-6,8-9H,3-4,7,16H2,1-2H3. The van der Waals surface area contributed by atoms with Gasteiger partial charge in [-0.25, -0.2) is 17.2 Å². The largest absolute Gasteiger partial charge is 0.399 e. The lowest BCUT2D eigenvalue weighted by Gasteiger charge is -2.34. The molecule has 1 aromatic carbocycles. The first-order chi connectivity index (χ1) is 9.23. The summed E-state index contributed by atoms with van der Waals surface area (Å²) in [5.74, 6) is -1.75. The highest BCUT2D eigenvalue weighted by Crippen LogP contribution is 2.30. The second kappa shape index (κ2) is 5.29. The first kappa shape index (κ1) is 15.2. The van der Waals surface area contributed by atoms with E-state index >= 15 is 0 Å². The van der Waals surface area contributed by atoms with E-state index in [1.54, 1.807) is 0 Å². The third kappa shape index (κ3) is 2.64. The van der Waals surface area contributed by atoms with Crippen LogP contribution in [0.25, 0.3) is 0 Å². The van der Waals surface area contributed by atoms with Crippen LogP contribution in [0.5, 0.6) is 0 Å². The molecule has 0 amide bonds. The number of nitrogens with zero attached hydrogens (tertiary/aromatic N) is 1. The molecule has 0 saturated carbocycles. The molecular formula is C13H18F2N2O2S. The summed E-state index contributed by atoms with van der Waals surface area (Å²) in [5, 5.41) is 0. The van der Waals surface area contributed by atoms with Crippen molar-refractivity contribution < 1.29 is 17.2 Å². The van der Waals surface area contributed by atoms with Gasteiger partial charge < -0.3 is 5.73 Å². The zero-order valence-corrected chi connectivity index (χ0v) is 12.3. The fraction of sp³-hybridized carbons (Fsp3) is 0.538. The van der Waals surface area contributed by atoms with Crippen LogP contribution in [0.3, 0.4) is 0 Å². The molecule has 20 heavy (non-hydrogen) atoms. The van der Waals surface area contributed by atoms with Gasteiger partial charge in [0.2, 0.25) is 10.0 Å². The topological polar surface area (TPSA) is 63.4 Å². The molecule has 2 unspecified atom stereocenters. The minimum absolute atomic E-state index is 0.139. The van der Waals surface area contributed by atoms with Gasteiger partial charge in [-0.3, -0.25) is 0 Å². The lowest BCUT2D eigenvalue weighted by Crippen LogP contribution is -2.42. The van der Waals surface area contributed by atoms with E-state index in [1.807, 2.05) is 13.8 Å². The molecule has 2 N–H and O–H groups in total. The summed E-state index contributed by atoms with van der Waals surface area (Å²) < 4.78 is 53.6. The Bertz CT molecular complexity index is 596. The zero-order valence-electron chi connectivity index (χ0n) is 11.4. The van der Waals surface area contributed by atoms with E-state index in [1.165, 1.54) is 0 Å². The molecule has 0 aliphatic carbocycles. The molecule has 2 rings (SSSR count). The van der Waals surface area contributed by atoms with Gasteiger partial charge in [-0.1, -0.05) is 13.8 Å². The monoisotopic (exact) mass is 304 g/mol. The minimum atomic E-state index is -4.17. The number of benzene rings is 1. The van der Waals surface area contributed by atoms with Gasteiger partial charge in [-0.15, -0.1) is 0 Å². The number of piperidine rings is 1. The van der Waals surface area contributed by atoms with E-state index < -0.39 is 26.6 Å². The Hall–Kier alpha value is -1.21. The van der Waals surface area contributed by atoms with Gasteiger partial charge in [0, 0.05) is 18.8 Å². The van der Waals surface area contributed by atoms with Gasteiger partial charge in [0.1, 0.15) is 11.6 Å². The number of hydrogen-bond donors (Lipinski definition) is 1. The second-order valence-electron chi connectivity index (χ2n) is 5.42. The van der Waals surface area contributed by atoms with Gasteiger partial charge in [-0.2, -0.15) is 4.31 Å². The molecule has 1 aliphatic heterocycles. The van der Waals surface area contributed by atoms with Gasteiger partial charge in [0.05, 0.1) is 0 Å². The van der Waals surface area contributed by atoms with Crippen molar-refractivity contribution in [3.8, 4) is 0 Å². The highest BCUT2D eigenvalue weighted by atomic mass is 32.2. The molecule has 112 valence electrons. The van der Waals surface area contributed by atoms with Crippen LogP contribution in [0.4, 0.5) is 14.5 Å². The highest BCUT2D eigenvalue weighted by molar-refractivity contribution is 7.89. The second-order valence-corrected chi connectivity index (χ2v) is 7.29. The van der Waals surface area contributed by atoms with Crippen LogP contribution in [-0.2, 0) is 10.0 Å². The smallest absolute Gasteiger partial charge is 0.248 e. The van der Waals surface area contributed by atoms with E-state index in [0.717, 1.165) is 16.4 Å². The lowest BCUT2D eigenvalue weighted by molar-refractivity contribution is 0.212. The summed E-state index contributed by atoms with van der Waals surface area (Å²) in [6.07, 6.45) is 0.679. The molecule has 1 aliphatic rings. The normalized spacial score (nSPS) is 24.8. The van der Waals surface area contributed by atoms with Crippen molar-refractivity contribution in [3.05, 3.63) is 23.8 Å². The van der Waals surface area contributed by atoms with E-state index in [-0.39, 0.29) is 24.7 Å². The van der Waals surface area contributed by atoms with Crippen LogP contribution in [-0.4, -0.2) is 25.8 Å². The summed E-state index contributed by atoms with van der Waals surface area (Å²) in [6, 6.07) is 1.65. The van der Waals surface area contributed by atoms with Crippen molar-refractivity contribution in [2.24, 2.45) is 11.8 Å². The van der Waals surface area contributed by atoms with Crippen molar-refractivity contribution in [1.29, 1.82) is 0 Å². The number of halogens is 2. The molecule has 4 nitrogen and oxygen atoms in total. The van der Waals surface area contributed by atoms with Crippen molar-refractivity contribution in [2.45, 2.75) is 25.2 Å². The van der Waals surface area contributed by atoms with Gasteiger partial charge >= 0.3 is 0 Å². The molecule has 0 radical (unpaired) electrons. The first-order valence-corrected chi connectivity index (χ1v) is 7.92. The van der Waals surface area contributed by atoms with E-state index in [2.05, 4.69) is 0 Å². The van der Waals surface area contributed by atoms with Crippen LogP contribution in [0.15, 0.2) is 17.0 Å². The summed E-state index contributed by atoms with van der Waals surface area (Å²) in [7, 11) is -4.17. The molecule has 1 fully saturated rings. The lowest BCUT2D eigenvalue weighted by atomic mass is 9.90. The molecule has 7 heteroatoms. The van der Waals surface area contributed by atoms with Crippen LogP contribution >= 0.6 is 0 Å². The number of nitrogens with two attached hydrogens (primary N) is 1. The molecule has 2 atom stereocenters. The van der Waals surface area contributed by atoms with Crippen LogP contribution < -0.4 is 5.73 Å². The predicted molar refractivity (Wildman–Crippen MR) is 72.5 cm³/mol. The van der Waals surface area contributed by atoms with Gasteiger partial charge in [-0.05, 0) is 30.4 Å². The van der Waals surface area contributed by atoms with E-state index in [4.69, 9.17) is 5.73 Å². The Morgan fingerprint density at radius 2 is 1.75 bits per heavy atom. The zero-order chi connectivity index (χ0) is 15.1. The maximum absolute atomic E-state index is 13.8. The number of nitrogen functional groups attached to an aromatic ring is 1. The quantitative estimate of drug-likeness (QED) is 0.852. The average molecular weight is 304 g/mol. The number of anilines is 1. The number of rotatable bonds is 2. The van der Waals surface area contributed by atoms with Crippen molar-refractivity contribution in [1.82, 2.24) is 4.31 Å². The average Bonchev–Trinajstić information content (AvgIpc) is 2.30. The molecule has 0 spiro atoms. The van der Waals surface area contributed by atoms with Crippen LogP contribution in [0.2, 0.25) is 0 Å². The van der Waals surface area contributed by atoms with E-state index in [0.29, 0.717) is 12.3 Å². The molecule has 0 aromatic heterocycles. The number of hydrogen-bond acceptors (Lipinski definition) is 3. The first-order valence-electron chi connectivity index (χ1n) is 6.48. The van der Waals surface area contributed by atoms with Crippen LogP contribution in [0, 0.1) is 23.5 Å². The van der Waals surface area contributed by atoms with Crippen molar-refractivity contribution in [2.75, 3.05) is 18.8 Å². The SMILES string of the molecule is CC1CCN(S(=O)(=O)c2c(F)cc(N)cc2F)CC1C. The molecule has 1 aromatic rings. The Balaban J connectivity index is 2.41. The van der Waals surface area contributed by atoms with E-state index in [9.17, 15) is 17.2 Å². The van der Waals surface area contributed by atoms with Gasteiger partial charge in [0.15, 0.2) is 4.90 Å². The molecule has 1 saturated heterocycles. The highest BCUT2D eigenvalue weighted by Gasteiger charge is 2.35. The summed E-state index contributed by atoms with van der Waals surface area (Å²) in [6.45, 7) is 4.52.